The van der Waals surface area contributed by atoms with Gasteiger partial charge in [-0.25, -0.2) is 4.39 Å². The first-order valence-corrected chi connectivity index (χ1v) is 7.53. The predicted octanol–water partition coefficient (Wildman–Crippen LogP) is 4.08. The minimum absolute atomic E-state index is 0.0798. The maximum absolute atomic E-state index is 13.9. The molecule has 4 heteroatoms. The number of fused-ring (bicyclic) bond motifs is 1. The molecule has 0 saturated heterocycles. The highest BCUT2D eigenvalue weighted by Gasteiger charge is 2.13. The molecule has 21 heavy (non-hydrogen) atoms. The quantitative estimate of drug-likeness (QED) is 0.839. The second kappa shape index (κ2) is 5.82. The molecule has 0 bridgehead atoms. The predicted molar refractivity (Wildman–Crippen MR) is 88.7 cm³/mol. The Bertz CT molecular complexity index is 697. The molecule has 0 heterocycles. The van der Waals surface area contributed by atoms with E-state index in [-0.39, 0.29) is 10.6 Å². The zero-order valence-electron chi connectivity index (χ0n) is 11.7. The molecule has 0 spiro atoms. The van der Waals surface area contributed by atoms with E-state index in [1.54, 1.807) is 12.1 Å². The number of hydrogen-bond acceptors (Lipinski definition) is 2. The standard InChI is InChI=1S/C17H17FN2S/c18-15-10-12(8-9-14(15)17(19)21)20-16-7-3-5-11-4-1-2-6-13(11)16/h3,5,7-10,20H,1-2,4,6H2,(H2,19,21). The molecule has 2 aromatic rings. The van der Waals surface area contributed by atoms with Gasteiger partial charge in [-0.05, 0) is 61.1 Å². The molecule has 108 valence electrons. The molecule has 0 unspecified atom stereocenters. The summed E-state index contributed by atoms with van der Waals surface area (Å²) in [7, 11) is 0. The molecule has 2 nitrogen and oxygen atoms in total. The summed E-state index contributed by atoms with van der Waals surface area (Å²) in [5, 5.41) is 3.31. The van der Waals surface area contributed by atoms with E-state index < -0.39 is 5.82 Å². The van der Waals surface area contributed by atoms with Crippen LogP contribution in [0.15, 0.2) is 36.4 Å². The van der Waals surface area contributed by atoms with Gasteiger partial charge in [-0.3, -0.25) is 0 Å². The number of nitrogens with one attached hydrogen (secondary N) is 1. The number of aryl methyl sites for hydroxylation is 1. The van der Waals surface area contributed by atoms with Crippen molar-refractivity contribution in [2.75, 3.05) is 5.32 Å². The van der Waals surface area contributed by atoms with E-state index in [1.165, 1.54) is 30.0 Å². The van der Waals surface area contributed by atoms with Crippen molar-refractivity contribution in [2.24, 2.45) is 5.73 Å². The molecule has 0 aromatic heterocycles. The first kappa shape index (κ1) is 14.0. The van der Waals surface area contributed by atoms with Crippen LogP contribution in [-0.4, -0.2) is 4.99 Å². The van der Waals surface area contributed by atoms with Crippen LogP contribution in [0.1, 0.15) is 29.5 Å². The van der Waals surface area contributed by atoms with Crippen molar-refractivity contribution >= 4 is 28.6 Å². The fraction of sp³-hybridized carbons (Fsp3) is 0.235. The lowest BCUT2D eigenvalue weighted by molar-refractivity contribution is 0.626. The van der Waals surface area contributed by atoms with Gasteiger partial charge in [0.2, 0.25) is 0 Å². The van der Waals surface area contributed by atoms with Gasteiger partial charge in [0.25, 0.3) is 0 Å². The number of benzene rings is 2. The Hall–Kier alpha value is -1.94. The van der Waals surface area contributed by atoms with Crippen LogP contribution in [0.4, 0.5) is 15.8 Å². The van der Waals surface area contributed by atoms with Crippen LogP contribution in [0.3, 0.4) is 0 Å². The highest BCUT2D eigenvalue weighted by atomic mass is 32.1. The molecular weight excluding hydrogens is 283 g/mol. The summed E-state index contributed by atoms with van der Waals surface area (Å²) >= 11 is 4.82. The van der Waals surface area contributed by atoms with Gasteiger partial charge in [-0.2, -0.15) is 0 Å². The highest BCUT2D eigenvalue weighted by molar-refractivity contribution is 7.80. The third-order valence-electron chi connectivity index (χ3n) is 3.91. The average molecular weight is 300 g/mol. The maximum Gasteiger partial charge on any atom is 0.135 e. The number of rotatable bonds is 3. The topological polar surface area (TPSA) is 38.0 Å². The van der Waals surface area contributed by atoms with Crippen molar-refractivity contribution in [2.45, 2.75) is 25.7 Å². The van der Waals surface area contributed by atoms with E-state index in [2.05, 4.69) is 11.4 Å². The van der Waals surface area contributed by atoms with Crippen molar-refractivity contribution < 1.29 is 4.39 Å². The molecule has 0 atom stereocenters. The van der Waals surface area contributed by atoms with Crippen LogP contribution in [0.2, 0.25) is 0 Å². The lowest BCUT2D eigenvalue weighted by Crippen LogP contribution is -2.12. The largest absolute Gasteiger partial charge is 0.389 e. The molecule has 1 aliphatic carbocycles. The van der Waals surface area contributed by atoms with Crippen LogP contribution in [0.25, 0.3) is 0 Å². The Labute approximate surface area is 129 Å². The van der Waals surface area contributed by atoms with Crippen LogP contribution in [-0.2, 0) is 12.8 Å². The lowest BCUT2D eigenvalue weighted by Gasteiger charge is -2.20. The number of anilines is 2. The van der Waals surface area contributed by atoms with E-state index in [0.717, 1.165) is 18.5 Å². The van der Waals surface area contributed by atoms with Crippen molar-refractivity contribution in [3.8, 4) is 0 Å². The summed E-state index contributed by atoms with van der Waals surface area (Å²) < 4.78 is 13.9. The molecule has 0 saturated carbocycles. The molecular formula is C17H17FN2S. The third kappa shape index (κ3) is 2.90. The molecule has 3 rings (SSSR count). The molecule has 0 fully saturated rings. The molecule has 1 aliphatic rings. The van der Waals surface area contributed by atoms with Crippen molar-refractivity contribution in [3.63, 3.8) is 0 Å². The summed E-state index contributed by atoms with van der Waals surface area (Å²) in [6.07, 6.45) is 4.65. The molecule has 0 radical (unpaired) electrons. The smallest absolute Gasteiger partial charge is 0.135 e. The van der Waals surface area contributed by atoms with Gasteiger partial charge < -0.3 is 11.1 Å². The highest BCUT2D eigenvalue weighted by Crippen LogP contribution is 2.30. The fourth-order valence-electron chi connectivity index (χ4n) is 2.85. The Morgan fingerprint density at radius 2 is 1.95 bits per heavy atom. The summed E-state index contributed by atoms with van der Waals surface area (Å²) in [5.41, 5.74) is 10.3. The van der Waals surface area contributed by atoms with Gasteiger partial charge in [0.05, 0.1) is 0 Å². The Morgan fingerprint density at radius 1 is 1.14 bits per heavy atom. The molecule has 3 N–H and O–H groups in total. The third-order valence-corrected chi connectivity index (χ3v) is 4.13. The molecule has 0 amide bonds. The summed E-state index contributed by atoms with van der Waals surface area (Å²) in [5.74, 6) is -0.391. The number of thiocarbonyl (C=S) groups is 1. The van der Waals surface area contributed by atoms with E-state index in [0.29, 0.717) is 5.69 Å². The van der Waals surface area contributed by atoms with Gasteiger partial charge in [0, 0.05) is 16.9 Å². The van der Waals surface area contributed by atoms with E-state index in [1.807, 2.05) is 12.1 Å². The van der Waals surface area contributed by atoms with Crippen LogP contribution in [0, 0.1) is 5.82 Å². The van der Waals surface area contributed by atoms with Crippen molar-refractivity contribution in [3.05, 3.63) is 58.9 Å². The van der Waals surface area contributed by atoms with E-state index in [9.17, 15) is 4.39 Å². The van der Waals surface area contributed by atoms with Gasteiger partial charge in [0.15, 0.2) is 0 Å². The number of hydrogen-bond donors (Lipinski definition) is 2. The Balaban J connectivity index is 1.91. The van der Waals surface area contributed by atoms with Gasteiger partial charge in [0.1, 0.15) is 10.8 Å². The van der Waals surface area contributed by atoms with Gasteiger partial charge >= 0.3 is 0 Å². The van der Waals surface area contributed by atoms with E-state index in [4.69, 9.17) is 18.0 Å². The minimum atomic E-state index is -0.391. The monoisotopic (exact) mass is 300 g/mol. The lowest BCUT2D eigenvalue weighted by atomic mass is 9.90. The normalized spacial score (nSPS) is 13.6. The Morgan fingerprint density at radius 3 is 2.71 bits per heavy atom. The van der Waals surface area contributed by atoms with Crippen molar-refractivity contribution in [1.82, 2.24) is 0 Å². The fourth-order valence-corrected chi connectivity index (χ4v) is 3.01. The molecule has 0 aliphatic heterocycles. The summed E-state index contributed by atoms with van der Waals surface area (Å²) in [6.45, 7) is 0. The van der Waals surface area contributed by atoms with Crippen molar-refractivity contribution in [1.29, 1.82) is 0 Å². The van der Waals surface area contributed by atoms with Gasteiger partial charge in [-0.1, -0.05) is 24.4 Å². The maximum atomic E-state index is 13.9. The SMILES string of the molecule is NC(=S)c1ccc(Nc2cccc3c2CCCC3)cc1F. The number of nitrogens with two attached hydrogens (primary N) is 1. The van der Waals surface area contributed by atoms with Gasteiger partial charge in [-0.15, -0.1) is 0 Å². The van der Waals surface area contributed by atoms with Crippen LogP contribution < -0.4 is 11.1 Å². The summed E-state index contributed by atoms with van der Waals surface area (Å²) in [4.78, 5) is 0.0798. The first-order chi connectivity index (χ1) is 10.1. The van der Waals surface area contributed by atoms with Crippen LogP contribution >= 0.6 is 12.2 Å². The average Bonchev–Trinajstić information content (AvgIpc) is 2.47. The minimum Gasteiger partial charge on any atom is -0.389 e. The Kier molecular flexibility index (Phi) is 3.88. The van der Waals surface area contributed by atoms with Crippen LogP contribution in [0.5, 0.6) is 0 Å². The zero-order chi connectivity index (χ0) is 14.8. The second-order valence-electron chi connectivity index (χ2n) is 5.33. The summed E-state index contributed by atoms with van der Waals surface area (Å²) in [6, 6.07) is 11.1. The first-order valence-electron chi connectivity index (χ1n) is 7.12. The molecule has 2 aromatic carbocycles. The second-order valence-corrected chi connectivity index (χ2v) is 5.77. The number of halogens is 1. The van der Waals surface area contributed by atoms with E-state index >= 15 is 0 Å². The zero-order valence-corrected chi connectivity index (χ0v) is 12.5.